The number of nitrogens with one attached hydrogen (secondary N) is 2. The van der Waals surface area contributed by atoms with E-state index in [0.29, 0.717) is 39.3 Å². The van der Waals surface area contributed by atoms with Crippen molar-refractivity contribution in [2.24, 2.45) is 10.9 Å². The lowest BCUT2D eigenvalue weighted by Gasteiger charge is -2.38. The molecule has 1 aliphatic carbocycles. The van der Waals surface area contributed by atoms with Gasteiger partial charge in [-0.25, -0.2) is 4.79 Å². The Labute approximate surface area is 189 Å². The molecule has 0 amide bonds. The summed E-state index contributed by atoms with van der Waals surface area (Å²) in [6.07, 6.45) is 4.83. The molecule has 2 bridgehead atoms. The number of carbonyl (C=O) groups is 1. The van der Waals surface area contributed by atoms with Gasteiger partial charge in [0.2, 0.25) is 0 Å². The van der Waals surface area contributed by atoms with E-state index in [0.717, 1.165) is 29.2 Å². The molecule has 2 N–H and O–H groups in total. The fraction of sp³-hybridized carbons (Fsp3) is 0.385. The van der Waals surface area contributed by atoms with Gasteiger partial charge >= 0.3 is 5.97 Å². The monoisotopic (exact) mass is 443 g/mol. The van der Waals surface area contributed by atoms with Crippen molar-refractivity contribution in [3.05, 3.63) is 65.4 Å². The Morgan fingerprint density at radius 3 is 2.75 bits per heavy atom. The number of fused-ring (bicyclic) bond motifs is 5. The van der Waals surface area contributed by atoms with Crippen molar-refractivity contribution < 1.29 is 9.53 Å². The number of aliphatic imine (C=N–C) groups is 1. The van der Waals surface area contributed by atoms with E-state index >= 15 is 0 Å². The van der Waals surface area contributed by atoms with Gasteiger partial charge < -0.3 is 15.4 Å². The van der Waals surface area contributed by atoms with Crippen molar-refractivity contribution in [2.75, 3.05) is 13.1 Å². The SMILES string of the molecule is C=C(N=C1Cc2ccc(-c3ccc4c(c3)C3(CNC3)OC4=O)cc2P1)C1NC2CCC1C2. The minimum Gasteiger partial charge on any atom is -0.448 e. The van der Waals surface area contributed by atoms with Crippen molar-refractivity contribution >= 4 is 25.3 Å². The second kappa shape index (κ2) is 6.84. The molecule has 3 fully saturated rings. The van der Waals surface area contributed by atoms with E-state index < -0.39 is 5.60 Å². The molecule has 5 aliphatic rings. The Hall–Kier alpha value is -2.33. The molecule has 4 unspecified atom stereocenters. The smallest absolute Gasteiger partial charge is 0.339 e. The number of hydrogen-bond donors (Lipinski definition) is 2. The van der Waals surface area contributed by atoms with E-state index in [1.54, 1.807) is 0 Å². The molecule has 7 rings (SSSR count). The Balaban J connectivity index is 1.14. The largest absolute Gasteiger partial charge is 0.448 e. The van der Waals surface area contributed by atoms with E-state index in [4.69, 9.17) is 9.73 Å². The maximum atomic E-state index is 12.3. The van der Waals surface area contributed by atoms with Gasteiger partial charge in [-0.1, -0.05) is 24.8 Å². The maximum absolute atomic E-state index is 12.3. The Morgan fingerprint density at radius 1 is 1.16 bits per heavy atom. The molecular formula is C26H26N3O2P. The van der Waals surface area contributed by atoms with Crippen molar-refractivity contribution in [1.82, 2.24) is 10.6 Å². The van der Waals surface area contributed by atoms with Crippen molar-refractivity contribution in [3.8, 4) is 11.1 Å². The summed E-state index contributed by atoms with van der Waals surface area (Å²) in [5, 5.41) is 8.34. The van der Waals surface area contributed by atoms with Crippen molar-refractivity contribution in [2.45, 2.75) is 43.4 Å². The van der Waals surface area contributed by atoms with Crippen LogP contribution in [0, 0.1) is 5.92 Å². The van der Waals surface area contributed by atoms with Gasteiger partial charge in [-0.2, -0.15) is 0 Å². The Morgan fingerprint density at radius 2 is 2.00 bits per heavy atom. The van der Waals surface area contributed by atoms with Crippen LogP contribution in [-0.4, -0.2) is 36.6 Å². The highest BCUT2D eigenvalue weighted by atomic mass is 31.1. The molecule has 1 saturated carbocycles. The van der Waals surface area contributed by atoms with Gasteiger partial charge in [0.25, 0.3) is 0 Å². The van der Waals surface area contributed by atoms with Crippen molar-refractivity contribution in [1.29, 1.82) is 0 Å². The van der Waals surface area contributed by atoms with Gasteiger partial charge in [-0.15, -0.1) is 0 Å². The van der Waals surface area contributed by atoms with E-state index in [-0.39, 0.29) is 5.97 Å². The summed E-state index contributed by atoms with van der Waals surface area (Å²) >= 11 is 0. The highest BCUT2D eigenvalue weighted by Crippen LogP contribution is 2.42. The molecular weight excluding hydrogens is 417 g/mol. The molecule has 2 aromatic rings. The zero-order valence-electron chi connectivity index (χ0n) is 17.9. The summed E-state index contributed by atoms with van der Waals surface area (Å²) in [5.41, 5.74) is 7.25. The summed E-state index contributed by atoms with van der Waals surface area (Å²) < 4.78 is 5.70. The summed E-state index contributed by atoms with van der Waals surface area (Å²) in [6.45, 7) is 5.72. The summed E-state index contributed by atoms with van der Waals surface area (Å²) in [7, 11) is 0.601. The van der Waals surface area contributed by atoms with Crippen LogP contribution in [0.2, 0.25) is 0 Å². The normalized spacial score (nSPS) is 30.6. The summed E-state index contributed by atoms with van der Waals surface area (Å²) in [6, 6.07) is 13.9. The van der Waals surface area contributed by atoms with Crippen molar-refractivity contribution in [3.63, 3.8) is 0 Å². The molecule has 2 aromatic carbocycles. The number of benzene rings is 2. The summed E-state index contributed by atoms with van der Waals surface area (Å²) in [5.74, 6) is 0.523. The van der Waals surface area contributed by atoms with Crippen LogP contribution >= 0.6 is 8.58 Å². The van der Waals surface area contributed by atoms with Gasteiger partial charge in [0.1, 0.15) is 0 Å². The highest BCUT2D eigenvalue weighted by Gasteiger charge is 2.50. The lowest BCUT2D eigenvalue weighted by molar-refractivity contribution is -0.0369. The zero-order valence-corrected chi connectivity index (χ0v) is 18.9. The molecule has 1 spiro atoms. The lowest BCUT2D eigenvalue weighted by atomic mass is 9.85. The second-order valence-corrected chi connectivity index (χ2v) is 11.3. The fourth-order valence-electron chi connectivity index (χ4n) is 6.13. The highest BCUT2D eigenvalue weighted by molar-refractivity contribution is 7.66. The van der Waals surface area contributed by atoms with Gasteiger partial charge in [0, 0.05) is 36.6 Å². The van der Waals surface area contributed by atoms with E-state index in [1.165, 1.54) is 41.1 Å². The van der Waals surface area contributed by atoms with Gasteiger partial charge in [0.15, 0.2) is 5.60 Å². The quantitative estimate of drug-likeness (QED) is 0.565. The first kappa shape index (κ1) is 19.2. The maximum Gasteiger partial charge on any atom is 0.339 e. The molecule has 6 heteroatoms. The van der Waals surface area contributed by atoms with Crippen LogP contribution in [0.1, 0.15) is 40.7 Å². The zero-order chi connectivity index (χ0) is 21.4. The number of ether oxygens (including phenoxy) is 1. The molecule has 162 valence electrons. The number of esters is 1. The third-order valence-corrected chi connectivity index (χ3v) is 9.23. The van der Waals surface area contributed by atoms with Crippen LogP contribution in [0.4, 0.5) is 0 Å². The van der Waals surface area contributed by atoms with E-state index in [1.807, 2.05) is 12.1 Å². The van der Waals surface area contributed by atoms with Crippen LogP contribution in [0.3, 0.4) is 0 Å². The molecule has 4 aliphatic heterocycles. The molecule has 0 aromatic heterocycles. The van der Waals surface area contributed by atoms with Crippen LogP contribution in [0.15, 0.2) is 53.7 Å². The van der Waals surface area contributed by atoms with Crippen LogP contribution in [0.25, 0.3) is 11.1 Å². The van der Waals surface area contributed by atoms with Gasteiger partial charge in [-0.3, -0.25) is 4.99 Å². The minimum absolute atomic E-state index is 0.199. The lowest BCUT2D eigenvalue weighted by Crippen LogP contribution is -2.56. The number of hydrogen-bond acceptors (Lipinski definition) is 5. The average Bonchev–Trinajstić information content (AvgIpc) is 3.54. The first-order chi connectivity index (χ1) is 15.6. The molecule has 0 radical (unpaired) electrons. The molecule has 4 atom stereocenters. The van der Waals surface area contributed by atoms with Gasteiger partial charge in [0.05, 0.1) is 17.3 Å². The third-order valence-electron chi connectivity index (χ3n) is 7.92. The van der Waals surface area contributed by atoms with Gasteiger partial charge in [-0.05, 0) is 74.0 Å². The predicted octanol–water partition coefficient (Wildman–Crippen LogP) is 3.24. The van der Waals surface area contributed by atoms with E-state index in [2.05, 4.69) is 41.5 Å². The standard InChI is InChI=1S/C26H26N3O2P/c1-14(24-18-4-6-19(8-18)29-24)28-23-11-17-3-2-16(10-22(17)32-23)15-5-7-20-21(9-15)26(12-27-13-26)31-25(20)30/h2-3,5,7,9-10,18-19,24,27,29,32H,1,4,6,8,11-13H2. The third kappa shape index (κ3) is 2.81. The number of rotatable bonds is 3. The molecule has 4 heterocycles. The summed E-state index contributed by atoms with van der Waals surface area (Å²) in [4.78, 5) is 17.3. The van der Waals surface area contributed by atoms with Crippen LogP contribution < -0.4 is 15.9 Å². The molecule has 32 heavy (non-hydrogen) atoms. The topological polar surface area (TPSA) is 62.7 Å². The fourth-order valence-corrected chi connectivity index (χ4v) is 7.48. The number of piperidine rings is 1. The molecule has 5 nitrogen and oxygen atoms in total. The first-order valence-electron chi connectivity index (χ1n) is 11.6. The second-order valence-electron chi connectivity index (χ2n) is 9.89. The Kier molecular flexibility index (Phi) is 4.09. The van der Waals surface area contributed by atoms with Crippen LogP contribution in [0.5, 0.6) is 0 Å². The molecule has 2 saturated heterocycles. The first-order valence-corrected chi connectivity index (χ1v) is 12.6. The number of nitrogens with zero attached hydrogens (tertiary/aromatic N) is 1. The average molecular weight is 443 g/mol. The minimum atomic E-state index is -0.463. The van der Waals surface area contributed by atoms with E-state index in [9.17, 15) is 4.79 Å². The van der Waals surface area contributed by atoms with Crippen LogP contribution in [-0.2, 0) is 16.8 Å². The predicted molar refractivity (Wildman–Crippen MR) is 128 cm³/mol. The Bertz CT molecular complexity index is 1220. The number of carbonyl (C=O) groups excluding carboxylic acids is 1.